The van der Waals surface area contributed by atoms with E-state index in [1.165, 1.54) is 25.9 Å². The van der Waals surface area contributed by atoms with Crippen molar-refractivity contribution in [3.8, 4) is 0 Å². The molecule has 0 amide bonds. The molecule has 1 aliphatic heterocycles. The van der Waals surface area contributed by atoms with Gasteiger partial charge in [0.25, 0.3) is 0 Å². The van der Waals surface area contributed by atoms with Gasteiger partial charge >= 0.3 is 0 Å². The van der Waals surface area contributed by atoms with Gasteiger partial charge in [0.05, 0.1) is 0 Å². The lowest BCUT2D eigenvalue weighted by Crippen LogP contribution is -2.46. The van der Waals surface area contributed by atoms with Gasteiger partial charge in [0.15, 0.2) is 0 Å². The smallest absolute Gasteiger partial charge is 0.00910 e. The molecule has 1 saturated heterocycles. The fourth-order valence-electron chi connectivity index (χ4n) is 1.95. The van der Waals surface area contributed by atoms with Gasteiger partial charge in [0, 0.05) is 12.1 Å². The van der Waals surface area contributed by atoms with Crippen LogP contribution in [0.3, 0.4) is 0 Å². The first-order valence-electron chi connectivity index (χ1n) is 4.69. The van der Waals surface area contributed by atoms with E-state index in [2.05, 4.69) is 31.1 Å². The summed E-state index contributed by atoms with van der Waals surface area (Å²) in [7, 11) is 2.07. The fraction of sp³-hybridized carbons (Fsp3) is 1.00. The molecule has 2 heteroatoms. The van der Waals surface area contributed by atoms with Crippen molar-refractivity contribution in [1.29, 1.82) is 0 Å². The Morgan fingerprint density at radius 3 is 2.73 bits per heavy atom. The second-order valence-electron chi connectivity index (χ2n) is 3.49. The molecule has 0 spiro atoms. The first-order chi connectivity index (χ1) is 5.27. The van der Waals surface area contributed by atoms with E-state index in [1.54, 1.807) is 0 Å². The van der Waals surface area contributed by atoms with Gasteiger partial charge in [-0.25, -0.2) is 0 Å². The Morgan fingerprint density at radius 1 is 1.55 bits per heavy atom. The Bertz CT molecular complexity index is 114. The first-order valence-corrected chi connectivity index (χ1v) is 4.69. The van der Waals surface area contributed by atoms with Crippen LogP contribution in [-0.4, -0.2) is 37.1 Å². The van der Waals surface area contributed by atoms with Gasteiger partial charge < -0.3 is 10.2 Å². The van der Waals surface area contributed by atoms with Gasteiger partial charge in [-0.1, -0.05) is 6.92 Å². The SMILES string of the molecule is CCN1CCC(NC)CC1C. The van der Waals surface area contributed by atoms with Crippen molar-refractivity contribution < 1.29 is 0 Å². The molecule has 1 heterocycles. The maximum atomic E-state index is 3.35. The minimum absolute atomic E-state index is 0.757. The van der Waals surface area contributed by atoms with Crippen molar-refractivity contribution in [2.45, 2.75) is 38.8 Å². The van der Waals surface area contributed by atoms with Crippen molar-refractivity contribution >= 4 is 0 Å². The maximum absolute atomic E-state index is 3.35. The number of hydrogen-bond acceptors (Lipinski definition) is 2. The monoisotopic (exact) mass is 156 g/mol. The van der Waals surface area contributed by atoms with Gasteiger partial charge in [0.1, 0.15) is 0 Å². The molecule has 0 aliphatic carbocycles. The summed E-state index contributed by atoms with van der Waals surface area (Å²) in [6.45, 7) is 7.05. The van der Waals surface area contributed by atoms with Crippen LogP contribution >= 0.6 is 0 Å². The topological polar surface area (TPSA) is 15.3 Å². The summed E-state index contributed by atoms with van der Waals surface area (Å²) in [6.07, 6.45) is 2.62. The molecule has 0 radical (unpaired) electrons. The lowest BCUT2D eigenvalue weighted by molar-refractivity contribution is 0.146. The standard InChI is InChI=1S/C9H20N2/c1-4-11-6-5-9(10-3)7-8(11)2/h8-10H,4-7H2,1-3H3. The number of nitrogens with zero attached hydrogens (tertiary/aromatic N) is 1. The van der Waals surface area contributed by atoms with Crippen molar-refractivity contribution in [2.75, 3.05) is 20.1 Å². The summed E-state index contributed by atoms with van der Waals surface area (Å²) in [5.74, 6) is 0. The maximum Gasteiger partial charge on any atom is 0.00910 e. The minimum Gasteiger partial charge on any atom is -0.317 e. The molecule has 0 bridgehead atoms. The average Bonchev–Trinajstić information content (AvgIpc) is 2.04. The van der Waals surface area contributed by atoms with Crippen LogP contribution in [0.15, 0.2) is 0 Å². The number of nitrogens with one attached hydrogen (secondary N) is 1. The van der Waals surface area contributed by atoms with Gasteiger partial charge in [-0.15, -0.1) is 0 Å². The molecule has 1 fully saturated rings. The van der Waals surface area contributed by atoms with Crippen LogP contribution < -0.4 is 5.32 Å². The Morgan fingerprint density at radius 2 is 2.27 bits per heavy atom. The third kappa shape index (κ3) is 2.17. The summed E-state index contributed by atoms with van der Waals surface area (Å²) < 4.78 is 0. The fourth-order valence-corrected chi connectivity index (χ4v) is 1.95. The Balaban J connectivity index is 2.34. The zero-order chi connectivity index (χ0) is 8.27. The minimum atomic E-state index is 0.757. The average molecular weight is 156 g/mol. The summed E-state index contributed by atoms with van der Waals surface area (Å²) in [4.78, 5) is 2.55. The van der Waals surface area contributed by atoms with Crippen LogP contribution in [0.4, 0.5) is 0 Å². The number of hydrogen-bond donors (Lipinski definition) is 1. The molecular weight excluding hydrogens is 136 g/mol. The summed E-state index contributed by atoms with van der Waals surface area (Å²) in [6, 6.07) is 1.53. The van der Waals surface area contributed by atoms with E-state index in [-0.39, 0.29) is 0 Å². The molecule has 0 saturated carbocycles. The van der Waals surface area contributed by atoms with E-state index in [4.69, 9.17) is 0 Å². The molecule has 2 unspecified atom stereocenters. The van der Waals surface area contributed by atoms with Crippen LogP contribution in [0.1, 0.15) is 26.7 Å². The predicted molar refractivity (Wildman–Crippen MR) is 48.8 cm³/mol. The third-order valence-electron chi connectivity index (χ3n) is 2.83. The van der Waals surface area contributed by atoms with E-state index >= 15 is 0 Å². The zero-order valence-electron chi connectivity index (χ0n) is 7.93. The number of piperidine rings is 1. The van der Waals surface area contributed by atoms with Crippen LogP contribution in [-0.2, 0) is 0 Å². The molecule has 1 N–H and O–H groups in total. The zero-order valence-corrected chi connectivity index (χ0v) is 7.93. The molecule has 2 atom stereocenters. The summed E-state index contributed by atoms with van der Waals surface area (Å²) in [5.41, 5.74) is 0. The Hall–Kier alpha value is -0.0800. The molecule has 0 aromatic carbocycles. The lowest BCUT2D eigenvalue weighted by Gasteiger charge is -2.36. The molecule has 11 heavy (non-hydrogen) atoms. The second-order valence-corrected chi connectivity index (χ2v) is 3.49. The van der Waals surface area contributed by atoms with Crippen LogP contribution in [0.2, 0.25) is 0 Å². The van der Waals surface area contributed by atoms with E-state index in [0.29, 0.717) is 0 Å². The van der Waals surface area contributed by atoms with Gasteiger partial charge in [0.2, 0.25) is 0 Å². The second kappa shape index (κ2) is 4.07. The summed E-state index contributed by atoms with van der Waals surface area (Å²) >= 11 is 0. The molecule has 0 aromatic rings. The van der Waals surface area contributed by atoms with E-state index in [1.807, 2.05) is 0 Å². The van der Waals surface area contributed by atoms with Crippen LogP contribution in [0.5, 0.6) is 0 Å². The highest BCUT2D eigenvalue weighted by atomic mass is 15.2. The molecule has 2 nitrogen and oxygen atoms in total. The number of rotatable bonds is 2. The number of likely N-dealkylation sites (tertiary alicyclic amines) is 1. The lowest BCUT2D eigenvalue weighted by atomic mass is 9.99. The Labute approximate surface area is 70.0 Å². The van der Waals surface area contributed by atoms with Crippen LogP contribution in [0, 0.1) is 0 Å². The van der Waals surface area contributed by atoms with Crippen molar-refractivity contribution in [2.24, 2.45) is 0 Å². The Kier molecular flexibility index (Phi) is 3.34. The van der Waals surface area contributed by atoms with Crippen molar-refractivity contribution in [3.05, 3.63) is 0 Å². The third-order valence-corrected chi connectivity index (χ3v) is 2.83. The van der Waals surface area contributed by atoms with E-state index < -0.39 is 0 Å². The highest BCUT2D eigenvalue weighted by Gasteiger charge is 2.22. The molecular formula is C9H20N2. The predicted octanol–water partition coefficient (Wildman–Crippen LogP) is 1.08. The van der Waals surface area contributed by atoms with Gasteiger partial charge in [-0.3, -0.25) is 0 Å². The molecule has 66 valence electrons. The molecule has 1 rings (SSSR count). The summed E-state index contributed by atoms with van der Waals surface area (Å²) in [5, 5.41) is 3.35. The van der Waals surface area contributed by atoms with Gasteiger partial charge in [-0.05, 0) is 39.9 Å². The normalized spacial score (nSPS) is 34.1. The van der Waals surface area contributed by atoms with Gasteiger partial charge in [-0.2, -0.15) is 0 Å². The largest absolute Gasteiger partial charge is 0.317 e. The first kappa shape index (κ1) is 9.01. The van der Waals surface area contributed by atoms with Crippen molar-refractivity contribution in [3.63, 3.8) is 0 Å². The van der Waals surface area contributed by atoms with E-state index in [0.717, 1.165) is 12.1 Å². The highest BCUT2D eigenvalue weighted by Crippen LogP contribution is 2.15. The molecule has 0 aromatic heterocycles. The van der Waals surface area contributed by atoms with E-state index in [9.17, 15) is 0 Å². The van der Waals surface area contributed by atoms with Crippen LogP contribution in [0.25, 0.3) is 0 Å². The quantitative estimate of drug-likeness (QED) is 0.643. The van der Waals surface area contributed by atoms with Crippen molar-refractivity contribution in [1.82, 2.24) is 10.2 Å². The molecule has 1 aliphatic rings. The highest BCUT2D eigenvalue weighted by molar-refractivity contribution is 4.81.